The van der Waals surface area contributed by atoms with Gasteiger partial charge in [0.05, 0.1) is 12.0 Å². The largest absolute Gasteiger partial charge is 0.489 e. The van der Waals surface area contributed by atoms with E-state index in [1.165, 1.54) is 23.1 Å². The quantitative estimate of drug-likeness (QED) is 0.319. The second-order valence-electron chi connectivity index (χ2n) is 5.48. The summed E-state index contributed by atoms with van der Waals surface area (Å²) in [6.07, 6.45) is 1.56. The molecule has 1 heterocycles. The number of hydrogen-bond acceptors (Lipinski definition) is 8. The van der Waals surface area contributed by atoms with E-state index >= 15 is 0 Å². The molecule has 0 aliphatic rings. The number of anilines is 1. The van der Waals surface area contributed by atoms with Crippen molar-refractivity contribution in [1.82, 2.24) is 15.6 Å². The van der Waals surface area contributed by atoms with E-state index in [-0.39, 0.29) is 11.7 Å². The lowest BCUT2D eigenvalue weighted by atomic mass is 10.2. The summed E-state index contributed by atoms with van der Waals surface area (Å²) in [7, 11) is 0. The molecule has 3 aromatic rings. The highest BCUT2D eigenvalue weighted by Gasteiger charge is 2.06. The molecule has 1 aromatic heterocycles. The van der Waals surface area contributed by atoms with Crippen LogP contribution in [0.4, 0.5) is 5.13 Å². The fourth-order valence-corrected chi connectivity index (χ4v) is 3.60. The van der Waals surface area contributed by atoms with Crippen molar-refractivity contribution in [2.45, 2.75) is 10.9 Å². The van der Waals surface area contributed by atoms with Gasteiger partial charge in [0.1, 0.15) is 12.4 Å². The molecule has 7 nitrogen and oxygen atoms in total. The Kier molecular flexibility index (Phi) is 7.24. The van der Waals surface area contributed by atoms with Crippen LogP contribution in [-0.4, -0.2) is 28.1 Å². The van der Waals surface area contributed by atoms with Gasteiger partial charge in [0.15, 0.2) is 4.34 Å². The lowest BCUT2D eigenvalue weighted by Crippen LogP contribution is -2.19. The fraction of sp³-hybridized carbons (Fsp3) is 0.111. The number of hydrogen-bond donors (Lipinski definition) is 2. The summed E-state index contributed by atoms with van der Waals surface area (Å²) in [5, 5.41) is 12.6. The zero-order valence-corrected chi connectivity index (χ0v) is 16.9. The van der Waals surface area contributed by atoms with Gasteiger partial charge in [-0.15, -0.1) is 10.2 Å². The van der Waals surface area contributed by atoms with Crippen LogP contribution in [-0.2, 0) is 11.4 Å². The molecule has 2 aromatic carbocycles. The summed E-state index contributed by atoms with van der Waals surface area (Å²) in [5.41, 5.74) is 9.79. The normalized spacial score (nSPS) is 10.9. The lowest BCUT2D eigenvalue weighted by Gasteiger charge is -2.07. The third-order valence-electron chi connectivity index (χ3n) is 3.33. The standard InChI is InChI=1S/C18H16ClN5O2S2/c19-14-6-4-12(5-7-14)10-26-15-3-1-2-13(8-15)9-21-22-16(25)11-27-18-24-23-17(20)28-18/h1-9H,10-11H2,(H2,20,23)(H,22,25). The number of carbonyl (C=O) groups excluding carboxylic acids is 1. The fourth-order valence-electron chi connectivity index (χ4n) is 2.05. The van der Waals surface area contributed by atoms with E-state index in [1.807, 2.05) is 48.5 Å². The number of nitrogens with zero attached hydrogens (tertiary/aromatic N) is 3. The smallest absolute Gasteiger partial charge is 0.250 e. The van der Waals surface area contributed by atoms with Crippen LogP contribution in [0.2, 0.25) is 5.02 Å². The zero-order chi connectivity index (χ0) is 19.8. The molecule has 0 saturated heterocycles. The lowest BCUT2D eigenvalue weighted by molar-refractivity contribution is -0.118. The summed E-state index contributed by atoms with van der Waals surface area (Å²) in [5.74, 6) is 0.635. The molecule has 3 N–H and O–H groups in total. The van der Waals surface area contributed by atoms with Crippen LogP contribution >= 0.6 is 34.7 Å². The summed E-state index contributed by atoms with van der Waals surface area (Å²) >= 11 is 8.36. The number of benzene rings is 2. The van der Waals surface area contributed by atoms with Crippen molar-refractivity contribution in [3.63, 3.8) is 0 Å². The number of thioether (sulfide) groups is 1. The molecular weight excluding hydrogens is 418 g/mol. The van der Waals surface area contributed by atoms with Gasteiger partial charge in [-0.05, 0) is 35.4 Å². The number of hydrazone groups is 1. The van der Waals surface area contributed by atoms with Gasteiger partial charge >= 0.3 is 0 Å². The van der Waals surface area contributed by atoms with Gasteiger partial charge in [-0.25, -0.2) is 5.43 Å². The maximum atomic E-state index is 11.8. The van der Waals surface area contributed by atoms with Crippen molar-refractivity contribution in [3.05, 3.63) is 64.7 Å². The van der Waals surface area contributed by atoms with Gasteiger partial charge in [0.25, 0.3) is 5.91 Å². The van der Waals surface area contributed by atoms with Crippen molar-refractivity contribution in [3.8, 4) is 5.75 Å². The Labute approximate surface area is 175 Å². The molecule has 0 saturated carbocycles. The molecule has 1 amide bonds. The summed E-state index contributed by atoms with van der Waals surface area (Å²) in [6, 6.07) is 14.9. The van der Waals surface area contributed by atoms with Crippen molar-refractivity contribution < 1.29 is 9.53 Å². The Hall–Kier alpha value is -2.62. The van der Waals surface area contributed by atoms with Gasteiger partial charge < -0.3 is 10.5 Å². The second kappa shape index (κ2) is 10.1. The minimum absolute atomic E-state index is 0.177. The van der Waals surface area contributed by atoms with E-state index in [9.17, 15) is 4.79 Å². The molecule has 0 aliphatic carbocycles. The molecule has 144 valence electrons. The number of nitrogens with one attached hydrogen (secondary N) is 1. The van der Waals surface area contributed by atoms with Crippen LogP contribution in [0.5, 0.6) is 5.75 Å². The molecule has 0 unspecified atom stereocenters. The Balaban J connectivity index is 1.46. The minimum atomic E-state index is -0.245. The van der Waals surface area contributed by atoms with Gasteiger partial charge in [-0.2, -0.15) is 5.10 Å². The maximum absolute atomic E-state index is 11.8. The molecule has 0 atom stereocenters. The first-order valence-corrected chi connectivity index (χ1v) is 10.3. The maximum Gasteiger partial charge on any atom is 0.250 e. The average molecular weight is 434 g/mol. The molecule has 0 radical (unpaired) electrons. The Morgan fingerprint density at radius 2 is 2.11 bits per heavy atom. The first kappa shape index (κ1) is 20.1. The predicted molar refractivity (Wildman–Crippen MR) is 113 cm³/mol. The van der Waals surface area contributed by atoms with Crippen LogP contribution in [0.15, 0.2) is 58.0 Å². The van der Waals surface area contributed by atoms with Gasteiger partial charge in [-0.1, -0.05) is 59.0 Å². The molecule has 10 heteroatoms. The number of nitrogens with two attached hydrogens (primary N) is 1. The van der Waals surface area contributed by atoms with Gasteiger partial charge in [0.2, 0.25) is 5.13 Å². The Morgan fingerprint density at radius 3 is 2.86 bits per heavy atom. The Morgan fingerprint density at radius 1 is 1.29 bits per heavy atom. The van der Waals surface area contributed by atoms with E-state index in [0.29, 0.717) is 26.9 Å². The molecule has 0 aliphatic heterocycles. The van der Waals surface area contributed by atoms with Crippen LogP contribution in [0.25, 0.3) is 0 Å². The number of halogens is 1. The molecule has 3 rings (SSSR count). The van der Waals surface area contributed by atoms with E-state index in [1.54, 1.807) is 6.21 Å². The summed E-state index contributed by atoms with van der Waals surface area (Å²) in [6.45, 7) is 0.432. The predicted octanol–water partition coefficient (Wildman–Crippen LogP) is 3.60. The zero-order valence-electron chi connectivity index (χ0n) is 14.5. The number of amides is 1. The number of carbonyl (C=O) groups is 1. The number of rotatable bonds is 8. The average Bonchev–Trinajstić information content (AvgIpc) is 3.12. The third-order valence-corrected chi connectivity index (χ3v) is 5.47. The SMILES string of the molecule is Nc1nnc(SCC(=O)NN=Cc2cccc(OCc3ccc(Cl)cc3)c2)s1. The van der Waals surface area contributed by atoms with Crippen molar-refractivity contribution >= 4 is 52.0 Å². The van der Waals surface area contributed by atoms with E-state index in [4.69, 9.17) is 22.1 Å². The van der Waals surface area contributed by atoms with Crippen molar-refractivity contribution in [2.24, 2.45) is 5.10 Å². The van der Waals surface area contributed by atoms with E-state index < -0.39 is 0 Å². The highest BCUT2D eigenvalue weighted by atomic mass is 35.5. The first-order valence-electron chi connectivity index (χ1n) is 8.09. The summed E-state index contributed by atoms with van der Waals surface area (Å²) in [4.78, 5) is 11.8. The van der Waals surface area contributed by atoms with Crippen molar-refractivity contribution in [2.75, 3.05) is 11.5 Å². The number of nitrogen functional groups attached to an aromatic ring is 1. The van der Waals surface area contributed by atoms with Gasteiger partial charge in [-0.3, -0.25) is 4.79 Å². The molecule has 28 heavy (non-hydrogen) atoms. The molecular formula is C18H16ClN5O2S2. The van der Waals surface area contributed by atoms with E-state index in [2.05, 4.69) is 20.7 Å². The molecule has 0 bridgehead atoms. The van der Waals surface area contributed by atoms with Crippen molar-refractivity contribution in [1.29, 1.82) is 0 Å². The summed E-state index contributed by atoms with van der Waals surface area (Å²) < 4.78 is 6.41. The minimum Gasteiger partial charge on any atom is -0.489 e. The second-order valence-corrected chi connectivity index (χ2v) is 8.14. The highest BCUT2D eigenvalue weighted by Crippen LogP contribution is 2.23. The van der Waals surface area contributed by atoms with Crippen LogP contribution in [0.1, 0.15) is 11.1 Å². The molecule has 0 spiro atoms. The number of ether oxygens (including phenoxy) is 1. The highest BCUT2D eigenvalue weighted by molar-refractivity contribution is 8.01. The topological polar surface area (TPSA) is 102 Å². The van der Waals surface area contributed by atoms with Crippen LogP contribution < -0.4 is 15.9 Å². The third kappa shape index (κ3) is 6.52. The van der Waals surface area contributed by atoms with Gasteiger partial charge in [0, 0.05) is 5.02 Å². The molecule has 0 fully saturated rings. The van der Waals surface area contributed by atoms with E-state index in [0.717, 1.165) is 11.1 Å². The van der Waals surface area contributed by atoms with Crippen LogP contribution in [0.3, 0.4) is 0 Å². The first-order chi connectivity index (χ1) is 13.6. The van der Waals surface area contributed by atoms with Crippen LogP contribution in [0, 0.1) is 0 Å². The Bertz CT molecular complexity index is 963. The number of aromatic nitrogens is 2. The monoisotopic (exact) mass is 433 g/mol.